The largest absolute Gasteiger partial charge is 0.444 e. The first-order valence-electron chi connectivity index (χ1n) is 9.21. The van der Waals surface area contributed by atoms with Gasteiger partial charge in [0.05, 0.1) is 12.6 Å². The van der Waals surface area contributed by atoms with Gasteiger partial charge in [-0.05, 0) is 51.5 Å². The summed E-state index contributed by atoms with van der Waals surface area (Å²) in [6, 6.07) is 9.96. The van der Waals surface area contributed by atoms with E-state index in [0.717, 1.165) is 44.5 Å². The average molecular weight is 348 g/mol. The van der Waals surface area contributed by atoms with Gasteiger partial charge in [-0.2, -0.15) is 0 Å². The van der Waals surface area contributed by atoms with Crippen LogP contribution >= 0.6 is 0 Å². The quantitative estimate of drug-likeness (QED) is 0.795. The molecule has 1 unspecified atom stereocenters. The Morgan fingerprint density at radius 2 is 1.88 bits per heavy atom. The van der Waals surface area contributed by atoms with Gasteiger partial charge in [-0.25, -0.2) is 4.79 Å². The molecule has 1 aliphatic rings. The van der Waals surface area contributed by atoms with Gasteiger partial charge in [-0.3, -0.25) is 0 Å². The number of nitrogens with zero attached hydrogens (tertiary/aromatic N) is 1. The number of nitrogens with two attached hydrogens (primary N) is 1. The molecule has 25 heavy (non-hydrogen) atoms. The summed E-state index contributed by atoms with van der Waals surface area (Å²) in [5.74, 6) is 0.603. The van der Waals surface area contributed by atoms with Crippen LogP contribution in [-0.4, -0.2) is 42.9 Å². The molecule has 140 valence electrons. The molecule has 1 heterocycles. The lowest BCUT2D eigenvalue weighted by Crippen LogP contribution is -2.41. The Balaban J connectivity index is 1.60. The highest BCUT2D eigenvalue weighted by Crippen LogP contribution is 2.22. The van der Waals surface area contributed by atoms with Crippen LogP contribution in [0.25, 0.3) is 0 Å². The second-order valence-corrected chi connectivity index (χ2v) is 7.79. The number of benzene rings is 1. The van der Waals surface area contributed by atoms with Crippen molar-refractivity contribution in [1.82, 2.24) is 4.90 Å². The van der Waals surface area contributed by atoms with Crippen LogP contribution in [0.5, 0.6) is 0 Å². The standard InChI is InChI=1S/C20H32N2O3/c1-20(2,3)25-19(23)22-12-9-16(10-13-22)11-14-24-15-18(21)17-7-5-4-6-8-17/h4-8,16,18H,9-15,21H2,1-3H3. The number of carbonyl (C=O) groups excluding carboxylic acids is 1. The predicted molar refractivity (Wildman–Crippen MR) is 99.3 cm³/mol. The third-order valence-corrected chi connectivity index (χ3v) is 4.46. The Labute approximate surface area is 151 Å². The van der Waals surface area contributed by atoms with Gasteiger partial charge in [0, 0.05) is 19.7 Å². The Morgan fingerprint density at radius 1 is 1.24 bits per heavy atom. The van der Waals surface area contributed by atoms with E-state index >= 15 is 0 Å². The van der Waals surface area contributed by atoms with Crippen LogP contribution in [0.3, 0.4) is 0 Å². The van der Waals surface area contributed by atoms with Crippen LogP contribution in [0.1, 0.15) is 51.6 Å². The zero-order valence-electron chi connectivity index (χ0n) is 15.7. The van der Waals surface area contributed by atoms with Crippen molar-refractivity contribution >= 4 is 6.09 Å². The fourth-order valence-electron chi connectivity index (χ4n) is 2.99. The number of likely N-dealkylation sites (tertiary alicyclic amines) is 1. The zero-order chi connectivity index (χ0) is 18.3. The molecule has 1 fully saturated rings. The maximum atomic E-state index is 12.1. The molecule has 1 aromatic carbocycles. The Kier molecular flexibility index (Phi) is 7.26. The lowest BCUT2D eigenvalue weighted by atomic mass is 9.94. The highest BCUT2D eigenvalue weighted by Gasteiger charge is 2.26. The second kappa shape index (κ2) is 9.20. The van der Waals surface area contributed by atoms with Crippen LogP contribution in [0, 0.1) is 5.92 Å². The number of piperidine rings is 1. The summed E-state index contributed by atoms with van der Waals surface area (Å²) in [5.41, 5.74) is 6.81. The SMILES string of the molecule is CC(C)(C)OC(=O)N1CCC(CCOCC(N)c2ccccc2)CC1. The summed E-state index contributed by atoms with van der Waals surface area (Å²) < 4.78 is 11.2. The number of ether oxygens (including phenoxy) is 2. The van der Waals surface area contributed by atoms with E-state index in [2.05, 4.69) is 0 Å². The number of hydrogen-bond acceptors (Lipinski definition) is 4. The molecule has 2 N–H and O–H groups in total. The minimum atomic E-state index is -0.431. The highest BCUT2D eigenvalue weighted by atomic mass is 16.6. The van der Waals surface area contributed by atoms with E-state index in [4.69, 9.17) is 15.2 Å². The predicted octanol–water partition coefficient (Wildman–Crippen LogP) is 3.74. The van der Waals surface area contributed by atoms with Crippen molar-refractivity contribution in [2.75, 3.05) is 26.3 Å². The summed E-state index contributed by atoms with van der Waals surface area (Å²) in [5, 5.41) is 0. The molecule has 0 spiro atoms. The minimum Gasteiger partial charge on any atom is -0.444 e. The smallest absolute Gasteiger partial charge is 0.410 e. The first kappa shape index (κ1) is 19.7. The molecule has 0 aromatic heterocycles. The van der Waals surface area contributed by atoms with Gasteiger partial charge >= 0.3 is 6.09 Å². The molecular formula is C20H32N2O3. The Hall–Kier alpha value is -1.59. The summed E-state index contributed by atoms with van der Waals surface area (Å²) in [6.45, 7) is 8.49. The summed E-state index contributed by atoms with van der Waals surface area (Å²) >= 11 is 0. The van der Waals surface area contributed by atoms with E-state index in [9.17, 15) is 4.79 Å². The molecule has 0 bridgehead atoms. The van der Waals surface area contributed by atoms with E-state index in [1.54, 1.807) is 0 Å². The van der Waals surface area contributed by atoms with Crippen LogP contribution in [0.15, 0.2) is 30.3 Å². The van der Waals surface area contributed by atoms with Crippen LogP contribution < -0.4 is 5.73 Å². The van der Waals surface area contributed by atoms with Gasteiger partial charge in [-0.1, -0.05) is 30.3 Å². The van der Waals surface area contributed by atoms with E-state index in [0.29, 0.717) is 12.5 Å². The Bertz CT molecular complexity index is 519. The van der Waals surface area contributed by atoms with Crippen molar-refractivity contribution in [3.05, 3.63) is 35.9 Å². The number of amides is 1. The van der Waals surface area contributed by atoms with Crippen LogP contribution in [0.2, 0.25) is 0 Å². The fourth-order valence-corrected chi connectivity index (χ4v) is 2.99. The molecule has 1 amide bonds. The number of rotatable bonds is 6. The van der Waals surface area contributed by atoms with Crippen molar-refractivity contribution in [3.8, 4) is 0 Å². The molecule has 1 saturated heterocycles. The van der Waals surface area contributed by atoms with Gasteiger partial charge in [0.15, 0.2) is 0 Å². The van der Waals surface area contributed by atoms with E-state index in [-0.39, 0.29) is 12.1 Å². The fraction of sp³-hybridized carbons (Fsp3) is 0.650. The molecule has 0 aliphatic carbocycles. The maximum absolute atomic E-state index is 12.1. The average Bonchev–Trinajstić information content (AvgIpc) is 2.58. The zero-order valence-corrected chi connectivity index (χ0v) is 15.7. The van der Waals surface area contributed by atoms with Crippen molar-refractivity contribution in [2.24, 2.45) is 11.7 Å². The van der Waals surface area contributed by atoms with Gasteiger partial charge in [0.2, 0.25) is 0 Å². The molecule has 0 radical (unpaired) electrons. The molecule has 1 atom stereocenters. The molecule has 1 aromatic rings. The maximum Gasteiger partial charge on any atom is 0.410 e. The molecule has 1 aliphatic heterocycles. The third-order valence-electron chi connectivity index (χ3n) is 4.46. The van der Waals surface area contributed by atoms with Crippen molar-refractivity contribution in [1.29, 1.82) is 0 Å². The second-order valence-electron chi connectivity index (χ2n) is 7.79. The lowest BCUT2D eigenvalue weighted by molar-refractivity contribution is 0.0165. The highest BCUT2D eigenvalue weighted by molar-refractivity contribution is 5.68. The normalized spacial score (nSPS) is 17.4. The van der Waals surface area contributed by atoms with Crippen molar-refractivity contribution in [2.45, 2.75) is 51.7 Å². The topological polar surface area (TPSA) is 64.8 Å². The molecular weight excluding hydrogens is 316 g/mol. The van der Waals surface area contributed by atoms with E-state index in [1.165, 1.54) is 0 Å². The summed E-state index contributed by atoms with van der Waals surface area (Å²) in [4.78, 5) is 13.9. The minimum absolute atomic E-state index is 0.0739. The molecule has 0 saturated carbocycles. The monoisotopic (exact) mass is 348 g/mol. The summed E-state index contributed by atoms with van der Waals surface area (Å²) in [6.07, 6.45) is 2.83. The summed E-state index contributed by atoms with van der Waals surface area (Å²) in [7, 11) is 0. The number of carbonyl (C=O) groups is 1. The van der Waals surface area contributed by atoms with Crippen molar-refractivity contribution in [3.63, 3.8) is 0 Å². The first-order valence-corrected chi connectivity index (χ1v) is 9.21. The van der Waals surface area contributed by atoms with Gasteiger partial charge < -0.3 is 20.1 Å². The molecule has 2 rings (SSSR count). The molecule has 5 heteroatoms. The van der Waals surface area contributed by atoms with E-state index < -0.39 is 5.60 Å². The Morgan fingerprint density at radius 3 is 2.48 bits per heavy atom. The van der Waals surface area contributed by atoms with Crippen LogP contribution in [0.4, 0.5) is 4.79 Å². The van der Waals surface area contributed by atoms with Gasteiger partial charge in [0.25, 0.3) is 0 Å². The van der Waals surface area contributed by atoms with Crippen molar-refractivity contribution < 1.29 is 14.3 Å². The first-order chi connectivity index (χ1) is 11.8. The van der Waals surface area contributed by atoms with Gasteiger partial charge in [-0.15, -0.1) is 0 Å². The number of hydrogen-bond donors (Lipinski definition) is 1. The van der Waals surface area contributed by atoms with Crippen LogP contribution in [-0.2, 0) is 9.47 Å². The van der Waals surface area contributed by atoms with Gasteiger partial charge in [0.1, 0.15) is 5.60 Å². The molecule has 5 nitrogen and oxygen atoms in total. The third kappa shape index (κ3) is 7.04. The lowest BCUT2D eigenvalue weighted by Gasteiger charge is -2.33. The van der Waals surface area contributed by atoms with E-state index in [1.807, 2.05) is 56.0 Å².